The highest BCUT2D eigenvalue weighted by atomic mass is 32.1. The molecule has 2 N–H and O–H groups in total. The SMILES string of the molecule is C=CC(=O)N1CCN2C(=O)c3cc(F)c(-c4ccc(F)c5sc(N)c(C#N)c45)c4ncn(c34)CC[C@@H]2C1. The Labute approximate surface area is 213 Å². The Morgan fingerprint density at radius 1 is 1.24 bits per heavy atom. The number of nitrogen functional groups attached to an aromatic ring is 1. The highest BCUT2D eigenvalue weighted by Gasteiger charge is 2.36. The van der Waals surface area contributed by atoms with Crippen LogP contribution >= 0.6 is 11.3 Å². The van der Waals surface area contributed by atoms with Crippen molar-refractivity contribution in [1.82, 2.24) is 19.4 Å². The molecule has 0 radical (unpaired) electrons. The van der Waals surface area contributed by atoms with Gasteiger partial charge in [0.15, 0.2) is 0 Å². The highest BCUT2D eigenvalue weighted by Crippen LogP contribution is 2.44. The number of nitrogens with two attached hydrogens (primary N) is 1. The van der Waals surface area contributed by atoms with Gasteiger partial charge in [-0.05, 0) is 30.2 Å². The monoisotopic (exact) mass is 518 g/mol. The van der Waals surface area contributed by atoms with E-state index >= 15 is 4.39 Å². The van der Waals surface area contributed by atoms with Gasteiger partial charge in [0.05, 0.1) is 33.7 Å². The molecule has 11 heteroatoms. The van der Waals surface area contributed by atoms with Crippen LogP contribution in [-0.2, 0) is 11.3 Å². The molecule has 1 atom stereocenters. The minimum Gasteiger partial charge on any atom is -0.389 e. The van der Waals surface area contributed by atoms with Crippen LogP contribution in [0.3, 0.4) is 0 Å². The number of halogens is 2. The number of thiophene rings is 1. The van der Waals surface area contributed by atoms with E-state index in [9.17, 15) is 19.2 Å². The molecule has 6 rings (SSSR count). The average Bonchev–Trinajstić information content (AvgIpc) is 3.47. The summed E-state index contributed by atoms with van der Waals surface area (Å²) in [5.41, 5.74) is 7.34. The van der Waals surface area contributed by atoms with Gasteiger partial charge in [-0.25, -0.2) is 13.8 Å². The summed E-state index contributed by atoms with van der Waals surface area (Å²) >= 11 is 0.934. The van der Waals surface area contributed by atoms with Gasteiger partial charge in [-0.1, -0.05) is 12.6 Å². The number of aryl methyl sites for hydroxylation is 1. The molecule has 2 aromatic carbocycles. The zero-order valence-electron chi connectivity index (χ0n) is 19.5. The Bertz CT molecular complexity index is 1700. The Balaban J connectivity index is 1.54. The van der Waals surface area contributed by atoms with Crippen LogP contribution in [0, 0.1) is 23.0 Å². The molecule has 8 nitrogen and oxygen atoms in total. The molecule has 186 valence electrons. The predicted octanol–water partition coefficient (Wildman–Crippen LogP) is 3.89. The minimum absolute atomic E-state index is 0.0811. The maximum atomic E-state index is 15.9. The first-order valence-corrected chi connectivity index (χ1v) is 12.5. The third kappa shape index (κ3) is 3.33. The van der Waals surface area contributed by atoms with Crippen molar-refractivity contribution in [2.75, 3.05) is 25.4 Å². The second-order valence-electron chi connectivity index (χ2n) is 9.10. The second kappa shape index (κ2) is 8.38. The number of carbonyl (C=O) groups is 2. The first-order chi connectivity index (χ1) is 17.8. The Morgan fingerprint density at radius 2 is 2.05 bits per heavy atom. The molecular formula is C26H20F2N6O2S. The molecule has 2 amide bonds. The molecule has 2 aliphatic heterocycles. The van der Waals surface area contributed by atoms with E-state index in [1.807, 2.05) is 10.6 Å². The Hall–Kier alpha value is -4.30. The van der Waals surface area contributed by atoms with Crippen molar-refractivity contribution < 1.29 is 18.4 Å². The lowest BCUT2D eigenvalue weighted by atomic mass is 9.94. The van der Waals surface area contributed by atoms with Gasteiger partial charge >= 0.3 is 0 Å². The van der Waals surface area contributed by atoms with Crippen molar-refractivity contribution in [2.45, 2.75) is 19.0 Å². The molecule has 0 unspecified atom stereocenters. The lowest BCUT2D eigenvalue weighted by molar-refractivity contribution is -0.128. The third-order valence-corrected chi connectivity index (χ3v) is 8.23. The van der Waals surface area contributed by atoms with Crippen LogP contribution in [0.5, 0.6) is 0 Å². The van der Waals surface area contributed by atoms with Gasteiger partial charge in [-0.3, -0.25) is 9.59 Å². The molecule has 4 heterocycles. The molecule has 2 aliphatic rings. The maximum Gasteiger partial charge on any atom is 0.256 e. The van der Waals surface area contributed by atoms with E-state index in [2.05, 4.69) is 11.6 Å². The zero-order valence-corrected chi connectivity index (χ0v) is 20.3. The van der Waals surface area contributed by atoms with Gasteiger partial charge < -0.3 is 20.1 Å². The van der Waals surface area contributed by atoms with Crippen LogP contribution in [0.4, 0.5) is 13.8 Å². The fourth-order valence-electron chi connectivity index (χ4n) is 5.47. The van der Waals surface area contributed by atoms with E-state index in [-0.39, 0.29) is 55.2 Å². The fourth-order valence-corrected chi connectivity index (χ4v) is 6.42. The van der Waals surface area contributed by atoms with Crippen LogP contribution in [0.15, 0.2) is 37.2 Å². The van der Waals surface area contributed by atoms with Crippen molar-refractivity contribution in [2.24, 2.45) is 0 Å². The maximum absolute atomic E-state index is 15.9. The van der Waals surface area contributed by atoms with E-state index in [1.165, 1.54) is 24.3 Å². The number of aromatic nitrogens is 2. The summed E-state index contributed by atoms with van der Waals surface area (Å²) in [5, 5.41) is 10.1. The Morgan fingerprint density at radius 3 is 2.81 bits per heavy atom. The number of anilines is 1. The van der Waals surface area contributed by atoms with E-state index < -0.39 is 11.6 Å². The molecule has 0 saturated carbocycles. The summed E-state index contributed by atoms with van der Waals surface area (Å²) in [6, 6.07) is 5.60. The number of hydrogen-bond donors (Lipinski definition) is 1. The van der Waals surface area contributed by atoms with Crippen molar-refractivity contribution in [3.63, 3.8) is 0 Å². The van der Waals surface area contributed by atoms with E-state index in [0.29, 0.717) is 43.7 Å². The molecule has 2 aromatic heterocycles. The average molecular weight is 519 g/mol. The number of rotatable bonds is 2. The molecule has 1 fully saturated rings. The zero-order chi connectivity index (χ0) is 26.0. The van der Waals surface area contributed by atoms with Crippen LogP contribution in [-0.4, -0.2) is 56.8 Å². The van der Waals surface area contributed by atoms with Gasteiger partial charge in [0.2, 0.25) is 5.91 Å². The smallest absolute Gasteiger partial charge is 0.256 e. The number of hydrogen-bond acceptors (Lipinski definition) is 6. The van der Waals surface area contributed by atoms with Crippen molar-refractivity contribution in [3.05, 3.63) is 59.9 Å². The van der Waals surface area contributed by atoms with Gasteiger partial charge in [0, 0.05) is 37.1 Å². The summed E-state index contributed by atoms with van der Waals surface area (Å²) in [5.74, 6) is -1.79. The molecule has 0 bridgehead atoms. The third-order valence-electron chi connectivity index (χ3n) is 7.20. The molecular weight excluding hydrogens is 498 g/mol. The van der Waals surface area contributed by atoms with Crippen LogP contribution in [0.2, 0.25) is 0 Å². The van der Waals surface area contributed by atoms with Gasteiger partial charge in [0.25, 0.3) is 5.91 Å². The summed E-state index contributed by atoms with van der Waals surface area (Å²) < 4.78 is 32.5. The number of piperazine rings is 1. The first kappa shape index (κ1) is 23.1. The summed E-state index contributed by atoms with van der Waals surface area (Å²) in [7, 11) is 0. The minimum atomic E-state index is -0.708. The van der Waals surface area contributed by atoms with E-state index in [0.717, 1.165) is 11.3 Å². The number of imidazole rings is 1. The summed E-state index contributed by atoms with van der Waals surface area (Å²) in [4.78, 5) is 33.7. The number of amides is 2. The second-order valence-corrected chi connectivity index (χ2v) is 10.1. The van der Waals surface area contributed by atoms with E-state index in [4.69, 9.17) is 5.73 Å². The van der Waals surface area contributed by atoms with Crippen molar-refractivity contribution >= 4 is 49.3 Å². The number of benzene rings is 2. The van der Waals surface area contributed by atoms with Crippen LogP contribution in [0.25, 0.3) is 32.2 Å². The Kier molecular flexibility index (Phi) is 5.24. The van der Waals surface area contributed by atoms with E-state index in [1.54, 1.807) is 16.1 Å². The van der Waals surface area contributed by atoms with Crippen molar-refractivity contribution in [3.8, 4) is 17.2 Å². The first-order valence-electron chi connectivity index (χ1n) is 11.6. The lowest BCUT2D eigenvalue weighted by Gasteiger charge is -2.42. The summed E-state index contributed by atoms with van der Waals surface area (Å²) in [6.45, 7) is 5.09. The summed E-state index contributed by atoms with van der Waals surface area (Å²) in [6.07, 6.45) is 3.39. The van der Waals surface area contributed by atoms with Gasteiger partial charge in [-0.2, -0.15) is 5.26 Å². The number of carbonyl (C=O) groups excluding carboxylic acids is 2. The number of nitrogens with zero attached hydrogens (tertiary/aromatic N) is 5. The van der Waals surface area contributed by atoms with Crippen molar-refractivity contribution in [1.29, 1.82) is 5.26 Å². The lowest BCUT2D eigenvalue weighted by Crippen LogP contribution is -2.57. The van der Waals surface area contributed by atoms with Crippen LogP contribution in [0.1, 0.15) is 22.3 Å². The quantitative estimate of drug-likeness (QED) is 0.405. The standard InChI is InChI=1S/C26H20F2N6O2S/c1-2-19(35)32-7-8-34-13(11-32)5-6-33-12-31-22-21(18(28)9-15(23(22)33)26(34)36)14-3-4-17(27)24-20(14)16(10-29)25(30)37-24/h2-4,9,12-13H,1,5-8,11,30H2/t13-/m1/s1. The number of fused-ring (bicyclic) bond motifs is 2. The number of nitriles is 1. The molecule has 4 aromatic rings. The van der Waals surface area contributed by atoms with Gasteiger partial charge in [0.1, 0.15) is 28.2 Å². The topological polar surface area (TPSA) is 108 Å². The highest BCUT2D eigenvalue weighted by molar-refractivity contribution is 7.23. The fraction of sp³-hybridized carbons (Fsp3) is 0.231. The molecule has 37 heavy (non-hydrogen) atoms. The normalized spacial score (nSPS) is 17.4. The molecule has 0 aliphatic carbocycles. The van der Waals surface area contributed by atoms with Gasteiger partial charge in [-0.15, -0.1) is 11.3 Å². The largest absolute Gasteiger partial charge is 0.389 e. The molecule has 0 spiro atoms. The molecule has 1 saturated heterocycles. The predicted molar refractivity (Wildman–Crippen MR) is 136 cm³/mol. The van der Waals surface area contributed by atoms with Crippen LogP contribution < -0.4 is 5.73 Å².